The number of hydrogen-bond donors (Lipinski definition) is 2. The summed E-state index contributed by atoms with van der Waals surface area (Å²) in [7, 11) is 1.30. The number of aryl methyl sites for hydroxylation is 1. The van der Waals surface area contributed by atoms with Crippen LogP contribution in [0.3, 0.4) is 0 Å². The van der Waals surface area contributed by atoms with E-state index in [-0.39, 0.29) is 5.75 Å². The van der Waals surface area contributed by atoms with E-state index in [0.717, 1.165) is 16.6 Å². The number of nitrogens with one attached hydrogen (secondary N) is 1. The molecule has 0 spiro atoms. The smallest absolute Gasteiger partial charge is 0.337 e. The number of fused-ring (bicyclic) bond motifs is 1. The number of anilines is 2. The molecule has 118 valence electrons. The molecule has 0 saturated carbocycles. The highest BCUT2D eigenvalue weighted by Gasteiger charge is 2.11. The number of aromatic hydroxyl groups is 1. The summed E-state index contributed by atoms with van der Waals surface area (Å²) < 4.78 is 5.73. The Morgan fingerprint density at radius 2 is 2.13 bits per heavy atom. The summed E-state index contributed by atoms with van der Waals surface area (Å²) in [6.45, 7) is 2.11. The normalized spacial score (nSPS) is 10.7. The third kappa shape index (κ3) is 3.12. The monoisotopic (exact) mass is 328 g/mol. The molecule has 5 nitrogen and oxygen atoms in total. The van der Waals surface area contributed by atoms with Crippen LogP contribution in [0.25, 0.3) is 10.2 Å². The van der Waals surface area contributed by atoms with E-state index in [1.54, 1.807) is 12.1 Å². The van der Waals surface area contributed by atoms with Crippen LogP contribution >= 0.6 is 11.3 Å². The largest absolute Gasteiger partial charge is 0.506 e. The Balaban J connectivity index is 1.88. The van der Waals surface area contributed by atoms with Crippen LogP contribution in [-0.2, 0) is 11.2 Å². The van der Waals surface area contributed by atoms with Gasteiger partial charge in [0.05, 0.1) is 28.6 Å². The van der Waals surface area contributed by atoms with Crippen molar-refractivity contribution in [3.8, 4) is 5.75 Å². The van der Waals surface area contributed by atoms with Crippen LogP contribution in [0, 0.1) is 0 Å². The van der Waals surface area contributed by atoms with Crippen LogP contribution in [0.1, 0.15) is 22.8 Å². The highest BCUT2D eigenvalue weighted by molar-refractivity contribution is 7.22. The molecule has 0 unspecified atom stereocenters. The van der Waals surface area contributed by atoms with Gasteiger partial charge in [0.2, 0.25) is 0 Å². The number of carbonyl (C=O) groups is 1. The molecule has 1 heterocycles. The summed E-state index contributed by atoms with van der Waals surface area (Å²) in [5.74, 6) is -0.514. The van der Waals surface area contributed by atoms with E-state index < -0.39 is 5.97 Å². The van der Waals surface area contributed by atoms with Gasteiger partial charge < -0.3 is 15.2 Å². The van der Waals surface area contributed by atoms with Crippen molar-refractivity contribution in [1.29, 1.82) is 0 Å². The Labute approximate surface area is 137 Å². The number of phenols is 1. The van der Waals surface area contributed by atoms with Gasteiger partial charge in [-0.15, -0.1) is 0 Å². The fraction of sp³-hybridized carbons (Fsp3) is 0.176. The zero-order valence-corrected chi connectivity index (χ0v) is 13.6. The first-order valence-corrected chi connectivity index (χ1v) is 8.00. The quantitative estimate of drug-likeness (QED) is 0.557. The third-order valence-electron chi connectivity index (χ3n) is 3.52. The summed E-state index contributed by atoms with van der Waals surface area (Å²) in [6, 6.07) is 10.8. The molecule has 0 amide bonds. The van der Waals surface area contributed by atoms with E-state index in [4.69, 9.17) is 0 Å². The molecule has 0 saturated heterocycles. The van der Waals surface area contributed by atoms with Crippen LogP contribution in [-0.4, -0.2) is 23.2 Å². The second kappa shape index (κ2) is 6.26. The Hall–Kier alpha value is -2.60. The van der Waals surface area contributed by atoms with Gasteiger partial charge in [-0.25, -0.2) is 9.78 Å². The van der Waals surface area contributed by atoms with Gasteiger partial charge in [-0.3, -0.25) is 0 Å². The van der Waals surface area contributed by atoms with Crippen molar-refractivity contribution in [2.24, 2.45) is 0 Å². The molecule has 3 aromatic rings. The van der Waals surface area contributed by atoms with Crippen LogP contribution in [0.5, 0.6) is 5.75 Å². The Kier molecular flexibility index (Phi) is 4.16. The molecule has 0 radical (unpaired) electrons. The average Bonchev–Trinajstić information content (AvgIpc) is 2.97. The van der Waals surface area contributed by atoms with Crippen LogP contribution in [0.4, 0.5) is 10.8 Å². The highest BCUT2D eigenvalue weighted by Crippen LogP contribution is 2.32. The Bertz CT molecular complexity index is 873. The van der Waals surface area contributed by atoms with Gasteiger partial charge in [0.1, 0.15) is 5.75 Å². The van der Waals surface area contributed by atoms with Crippen LogP contribution in [0.2, 0.25) is 0 Å². The zero-order valence-electron chi connectivity index (χ0n) is 12.8. The molecule has 1 aromatic heterocycles. The molecule has 2 aromatic carbocycles. The zero-order chi connectivity index (χ0) is 16.4. The molecule has 0 aliphatic heterocycles. The van der Waals surface area contributed by atoms with Crippen molar-refractivity contribution in [2.75, 3.05) is 12.4 Å². The summed E-state index contributed by atoms with van der Waals surface area (Å²) in [5, 5.41) is 13.8. The number of aromatic nitrogens is 1. The van der Waals surface area contributed by atoms with E-state index in [0.29, 0.717) is 16.4 Å². The van der Waals surface area contributed by atoms with Gasteiger partial charge in [-0.2, -0.15) is 0 Å². The number of carbonyl (C=O) groups excluding carboxylic acids is 1. The fourth-order valence-corrected chi connectivity index (χ4v) is 3.18. The predicted octanol–water partition coefficient (Wildman–Crippen LogP) is 4.09. The second-order valence-electron chi connectivity index (χ2n) is 5.02. The minimum absolute atomic E-state index is 0.0265. The molecule has 0 fully saturated rings. The highest BCUT2D eigenvalue weighted by atomic mass is 32.1. The van der Waals surface area contributed by atoms with Crippen molar-refractivity contribution >= 4 is 38.3 Å². The number of nitrogens with zero attached hydrogens (tertiary/aromatic N) is 1. The number of methoxy groups -OCH3 is 1. The third-order valence-corrected chi connectivity index (χ3v) is 4.46. The first-order chi connectivity index (χ1) is 11.1. The Morgan fingerprint density at radius 1 is 1.30 bits per heavy atom. The number of ether oxygens (including phenoxy) is 1. The standard InChI is InChI=1S/C17H16N2O3S/c1-3-10-4-6-13-15(8-10)23-17(19-13)18-12-7-5-11(9-14(12)20)16(21)22-2/h4-9,20H,3H2,1-2H3,(H,18,19). The first-order valence-electron chi connectivity index (χ1n) is 7.18. The lowest BCUT2D eigenvalue weighted by atomic mass is 10.2. The van der Waals surface area contributed by atoms with Gasteiger partial charge in [-0.05, 0) is 42.3 Å². The average molecular weight is 328 g/mol. The fourth-order valence-electron chi connectivity index (χ4n) is 2.24. The number of thiazole rings is 1. The molecular formula is C17H16N2O3S. The lowest BCUT2D eigenvalue weighted by Gasteiger charge is -2.06. The molecule has 0 aliphatic carbocycles. The maximum atomic E-state index is 11.4. The van der Waals surface area contributed by atoms with E-state index in [2.05, 4.69) is 34.1 Å². The number of phenolic OH excluding ortho intramolecular Hbond substituents is 1. The molecule has 3 rings (SSSR count). The van der Waals surface area contributed by atoms with Gasteiger partial charge in [-0.1, -0.05) is 24.3 Å². The van der Waals surface area contributed by atoms with Gasteiger partial charge in [0.25, 0.3) is 0 Å². The molecule has 0 bridgehead atoms. The lowest BCUT2D eigenvalue weighted by Crippen LogP contribution is -2.01. The summed E-state index contributed by atoms with van der Waals surface area (Å²) in [5.41, 5.74) is 2.97. The van der Waals surface area contributed by atoms with E-state index in [9.17, 15) is 9.90 Å². The lowest BCUT2D eigenvalue weighted by molar-refractivity contribution is 0.0600. The topological polar surface area (TPSA) is 71.5 Å². The van der Waals surface area contributed by atoms with Crippen LogP contribution in [0.15, 0.2) is 36.4 Å². The molecule has 23 heavy (non-hydrogen) atoms. The van der Waals surface area contributed by atoms with Gasteiger partial charge in [0.15, 0.2) is 5.13 Å². The van der Waals surface area contributed by atoms with E-state index in [1.165, 1.54) is 30.1 Å². The van der Waals surface area contributed by atoms with Crippen molar-refractivity contribution in [2.45, 2.75) is 13.3 Å². The van der Waals surface area contributed by atoms with Crippen molar-refractivity contribution in [3.05, 3.63) is 47.5 Å². The maximum Gasteiger partial charge on any atom is 0.337 e. The second-order valence-corrected chi connectivity index (χ2v) is 6.05. The van der Waals surface area contributed by atoms with E-state index in [1.807, 2.05) is 6.07 Å². The minimum Gasteiger partial charge on any atom is -0.506 e. The number of rotatable bonds is 4. The number of esters is 1. The van der Waals surface area contributed by atoms with Gasteiger partial charge in [0, 0.05) is 0 Å². The molecule has 2 N–H and O–H groups in total. The predicted molar refractivity (Wildman–Crippen MR) is 91.7 cm³/mol. The maximum absolute atomic E-state index is 11.4. The number of benzene rings is 2. The van der Waals surface area contributed by atoms with Crippen molar-refractivity contribution in [3.63, 3.8) is 0 Å². The number of hydrogen-bond acceptors (Lipinski definition) is 6. The SMILES string of the molecule is CCc1ccc2nc(Nc3ccc(C(=O)OC)cc3O)sc2c1. The van der Waals surface area contributed by atoms with E-state index >= 15 is 0 Å². The summed E-state index contributed by atoms with van der Waals surface area (Å²) in [6.07, 6.45) is 0.979. The molecule has 0 aliphatic rings. The van der Waals surface area contributed by atoms with Crippen LogP contribution < -0.4 is 5.32 Å². The van der Waals surface area contributed by atoms with Crippen molar-refractivity contribution < 1.29 is 14.6 Å². The Morgan fingerprint density at radius 3 is 2.83 bits per heavy atom. The minimum atomic E-state index is -0.487. The van der Waals surface area contributed by atoms with Gasteiger partial charge >= 0.3 is 5.97 Å². The summed E-state index contributed by atoms with van der Waals surface area (Å²) >= 11 is 1.52. The molecule has 0 atom stereocenters. The summed E-state index contributed by atoms with van der Waals surface area (Å²) in [4.78, 5) is 16.0. The van der Waals surface area contributed by atoms with Crippen molar-refractivity contribution in [1.82, 2.24) is 4.98 Å². The first kappa shape index (κ1) is 15.3. The molecular weight excluding hydrogens is 312 g/mol. The molecule has 6 heteroatoms.